The number of benzene rings is 1. The lowest BCUT2D eigenvalue weighted by Crippen LogP contribution is -2.35. The van der Waals surface area contributed by atoms with Gasteiger partial charge in [-0.3, -0.25) is 4.79 Å². The summed E-state index contributed by atoms with van der Waals surface area (Å²) in [7, 11) is 1.53. The highest BCUT2D eigenvalue weighted by atomic mass is 16.4. The van der Waals surface area contributed by atoms with E-state index in [-0.39, 0.29) is 11.5 Å². The predicted molar refractivity (Wildman–Crippen MR) is 65.0 cm³/mol. The lowest BCUT2D eigenvalue weighted by Gasteiger charge is -2.15. The first-order valence-corrected chi connectivity index (χ1v) is 5.06. The van der Waals surface area contributed by atoms with E-state index in [4.69, 9.17) is 10.8 Å². The van der Waals surface area contributed by atoms with Crippen molar-refractivity contribution in [1.82, 2.24) is 5.32 Å². The molecule has 0 heterocycles. The van der Waals surface area contributed by atoms with Crippen molar-refractivity contribution in [1.29, 1.82) is 0 Å². The molecule has 0 aromatic heterocycles. The van der Waals surface area contributed by atoms with Gasteiger partial charge in [0.05, 0.1) is 16.9 Å². The fraction of sp³-hybridized carbons (Fsp3) is 0.273. The van der Waals surface area contributed by atoms with E-state index in [0.29, 0.717) is 11.4 Å². The zero-order valence-corrected chi connectivity index (χ0v) is 9.65. The van der Waals surface area contributed by atoms with E-state index in [2.05, 4.69) is 10.6 Å². The third-order valence-corrected chi connectivity index (χ3v) is 2.31. The first-order valence-electron chi connectivity index (χ1n) is 5.06. The number of aromatic carboxylic acids is 1. The average molecular weight is 237 g/mol. The zero-order valence-electron chi connectivity index (χ0n) is 9.65. The number of carboxylic acid groups (broad SMARTS) is 1. The van der Waals surface area contributed by atoms with Crippen molar-refractivity contribution in [2.24, 2.45) is 0 Å². The van der Waals surface area contributed by atoms with Gasteiger partial charge in [0.15, 0.2) is 0 Å². The maximum absolute atomic E-state index is 11.3. The number of nitrogens with one attached hydrogen (secondary N) is 2. The summed E-state index contributed by atoms with van der Waals surface area (Å²) in [6.07, 6.45) is 0. The molecule has 0 spiro atoms. The third-order valence-electron chi connectivity index (χ3n) is 2.31. The number of hydrogen-bond acceptors (Lipinski definition) is 4. The van der Waals surface area contributed by atoms with E-state index in [9.17, 15) is 9.59 Å². The summed E-state index contributed by atoms with van der Waals surface area (Å²) in [6, 6.07) is 3.80. The van der Waals surface area contributed by atoms with Crippen LogP contribution >= 0.6 is 0 Å². The minimum absolute atomic E-state index is 0.116. The van der Waals surface area contributed by atoms with Crippen LogP contribution < -0.4 is 16.4 Å². The van der Waals surface area contributed by atoms with Gasteiger partial charge in [-0.2, -0.15) is 0 Å². The molecule has 17 heavy (non-hydrogen) atoms. The van der Waals surface area contributed by atoms with Crippen LogP contribution in [0, 0.1) is 0 Å². The van der Waals surface area contributed by atoms with E-state index in [1.807, 2.05) is 0 Å². The molecule has 92 valence electrons. The van der Waals surface area contributed by atoms with Gasteiger partial charge in [0.1, 0.15) is 6.04 Å². The maximum Gasteiger partial charge on any atom is 0.335 e. The molecule has 1 unspecified atom stereocenters. The molecule has 0 aliphatic heterocycles. The van der Waals surface area contributed by atoms with E-state index in [1.54, 1.807) is 6.92 Å². The summed E-state index contributed by atoms with van der Waals surface area (Å²) in [6.45, 7) is 1.66. The molecule has 1 aromatic carbocycles. The number of carbonyl (C=O) groups is 2. The van der Waals surface area contributed by atoms with Gasteiger partial charge >= 0.3 is 5.97 Å². The second-order valence-electron chi connectivity index (χ2n) is 3.59. The van der Waals surface area contributed by atoms with E-state index >= 15 is 0 Å². The lowest BCUT2D eigenvalue weighted by atomic mass is 10.1. The molecule has 0 saturated heterocycles. The van der Waals surface area contributed by atoms with Crippen LogP contribution in [0.2, 0.25) is 0 Å². The Balaban J connectivity index is 2.93. The van der Waals surface area contributed by atoms with Crippen molar-refractivity contribution in [3.63, 3.8) is 0 Å². The summed E-state index contributed by atoms with van der Waals surface area (Å²) in [5.41, 5.74) is 6.63. The van der Waals surface area contributed by atoms with Crippen molar-refractivity contribution < 1.29 is 14.7 Å². The monoisotopic (exact) mass is 237 g/mol. The number of nitrogens with two attached hydrogens (primary N) is 1. The van der Waals surface area contributed by atoms with Crippen molar-refractivity contribution >= 4 is 23.3 Å². The largest absolute Gasteiger partial charge is 0.478 e. The third kappa shape index (κ3) is 3.10. The Morgan fingerprint density at radius 2 is 2.06 bits per heavy atom. The van der Waals surface area contributed by atoms with Crippen LogP contribution in [0.25, 0.3) is 0 Å². The number of carbonyl (C=O) groups excluding carboxylic acids is 1. The fourth-order valence-electron chi connectivity index (χ4n) is 1.33. The Morgan fingerprint density at radius 1 is 1.41 bits per heavy atom. The van der Waals surface area contributed by atoms with Crippen LogP contribution in [-0.4, -0.2) is 30.1 Å². The summed E-state index contributed by atoms with van der Waals surface area (Å²) < 4.78 is 0. The van der Waals surface area contributed by atoms with Crippen molar-refractivity contribution in [3.05, 3.63) is 23.8 Å². The molecule has 1 rings (SSSR count). The maximum atomic E-state index is 11.3. The molecular weight excluding hydrogens is 222 g/mol. The molecule has 1 atom stereocenters. The minimum Gasteiger partial charge on any atom is -0.478 e. The van der Waals surface area contributed by atoms with Crippen LogP contribution in [0.1, 0.15) is 17.3 Å². The minimum atomic E-state index is -1.04. The van der Waals surface area contributed by atoms with Crippen molar-refractivity contribution in [2.75, 3.05) is 18.1 Å². The fourth-order valence-corrected chi connectivity index (χ4v) is 1.33. The Hall–Kier alpha value is -2.24. The van der Waals surface area contributed by atoms with Crippen molar-refractivity contribution in [3.8, 4) is 0 Å². The molecule has 0 aliphatic carbocycles. The number of anilines is 2. The number of hydrogen-bond donors (Lipinski definition) is 4. The second-order valence-corrected chi connectivity index (χ2v) is 3.59. The first-order chi connectivity index (χ1) is 7.95. The van der Waals surface area contributed by atoms with E-state index in [0.717, 1.165) is 0 Å². The van der Waals surface area contributed by atoms with Gasteiger partial charge in [0.25, 0.3) is 0 Å². The Morgan fingerprint density at radius 3 is 2.59 bits per heavy atom. The highest BCUT2D eigenvalue weighted by Crippen LogP contribution is 2.20. The standard InChI is InChI=1S/C11H15N3O3/c1-6(10(15)13-2)14-9-5-7(11(16)17)3-4-8(9)12/h3-6,14H,12H2,1-2H3,(H,13,15)(H,16,17). The van der Waals surface area contributed by atoms with E-state index < -0.39 is 12.0 Å². The number of nitrogen functional groups attached to an aromatic ring is 1. The van der Waals surface area contributed by atoms with Crippen LogP contribution in [0.5, 0.6) is 0 Å². The molecule has 5 N–H and O–H groups in total. The highest BCUT2D eigenvalue weighted by Gasteiger charge is 2.13. The molecule has 0 fully saturated rings. The van der Waals surface area contributed by atoms with E-state index in [1.165, 1.54) is 25.2 Å². The lowest BCUT2D eigenvalue weighted by molar-refractivity contribution is -0.121. The number of likely N-dealkylation sites (N-methyl/N-ethyl adjacent to an activating group) is 1. The molecule has 0 radical (unpaired) electrons. The van der Waals surface area contributed by atoms with Gasteiger partial charge in [0.2, 0.25) is 5.91 Å². The van der Waals surface area contributed by atoms with Gasteiger partial charge < -0.3 is 21.5 Å². The summed E-state index contributed by atoms with van der Waals surface area (Å²) in [5, 5.41) is 14.2. The van der Waals surface area contributed by atoms with Crippen LogP contribution in [0.15, 0.2) is 18.2 Å². The quantitative estimate of drug-likeness (QED) is 0.571. The van der Waals surface area contributed by atoms with Gasteiger partial charge in [-0.25, -0.2) is 4.79 Å². The molecule has 0 aliphatic rings. The number of amides is 1. The van der Waals surface area contributed by atoms with Crippen LogP contribution in [-0.2, 0) is 4.79 Å². The summed E-state index contributed by atoms with van der Waals surface area (Å²) in [4.78, 5) is 22.1. The first kappa shape index (κ1) is 12.8. The highest BCUT2D eigenvalue weighted by molar-refractivity contribution is 5.91. The van der Waals surface area contributed by atoms with Gasteiger partial charge in [0, 0.05) is 7.05 Å². The Bertz CT molecular complexity index is 446. The van der Waals surface area contributed by atoms with Gasteiger partial charge in [-0.05, 0) is 25.1 Å². The Labute approximate surface area is 98.8 Å². The molecule has 1 amide bonds. The average Bonchev–Trinajstić information content (AvgIpc) is 2.30. The van der Waals surface area contributed by atoms with Crippen molar-refractivity contribution in [2.45, 2.75) is 13.0 Å². The molecule has 0 saturated carbocycles. The molecule has 6 nitrogen and oxygen atoms in total. The van der Waals surface area contributed by atoms with Crippen LogP contribution in [0.4, 0.5) is 11.4 Å². The van der Waals surface area contributed by atoms with Gasteiger partial charge in [-0.15, -0.1) is 0 Å². The smallest absolute Gasteiger partial charge is 0.335 e. The summed E-state index contributed by atoms with van der Waals surface area (Å²) in [5.74, 6) is -1.24. The summed E-state index contributed by atoms with van der Waals surface area (Å²) >= 11 is 0. The second kappa shape index (κ2) is 5.20. The van der Waals surface area contributed by atoms with Gasteiger partial charge in [-0.1, -0.05) is 0 Å². The molecule has 6 heteroatoms. The normalized spacial score (nSPS) is 11.6. The zero-order chi connectivity index (χ0) is 13.0. The predicted octanol–water partition coefficient (Wildman–Crippen LogP) is 0.513. The number of carboxylic acids is 1. The number of rotatable bonds is 4. The Kier molecular flexibility index (Phi) is 3.92. The SMILES string of the molecule is CNC(=O)C(C)Nc1cc(C(=O)O)ccc1N. The van der Waals surface area contributed by atoms with Crippen LogP contribution in [0.3, 0.4) is 0 Å². The molecular formula is C11H15N3O3. The molecule has 0 bridgehead atoms. The topological polar surface area (TPSA) is 104 Å². The molecule has 1 aromatic rings.